The second-order valence-electron chi connectivity index (χ2n) is 5.90. The largest absolute Gasteiger partial charge is 0.495 e. The van der Waals surface area contributed by atoms with Gasteiger partial charge in [0, 0.05) is 0 Å². The number of benzene rings is 2. The van der Waals surface area contributed by atoms with Crippen LogP contribution < -0.4 is 9.46 Å². The molecule has 0 aliphatic carbocycles. The highest BCUT2D eigenvalue weighted by molar-refractivity contribution is 7.92. The monoisotopic (exact) mass is 363 g/mol. The lowest BCUT2D eigenvalue weighted by Gasteiger charge is -2.16. The third-order valence-electron chi connectivity index (χ3n) is 3.70. The maximum atomic E-state index is 12.9. The number of hydrogen-bond donors (Lipinski definition) is 2. The average molecular weight is 363 g/mol. The Morgan fingerprint density at radius 1 is 1.20 bits per heavy atom. The molecule has 0 saturated carbocycles. The Balaban J connectivity index is 2.47. The first kappa shape index (κ1) is 18.8. The topological polar surface area (TPSA) is 92.7 Å². The smallest absolute Gasteiger partial charge is 0.307 e. The summed E-state index contributed by atoms with van der Waals surface area (Å²) in [6.07, 6.45) is -0.269. The van der Waals surface area contributed by atoms with E-state index in [1.807, 2.05) is 26.0 Å². The van der Waals surface area contributed by atoms with E-state index in [-0.39, 0.29) is 23.0 Å². The average Bonchev–Trinajstić information content (AvgIpc) is 2.54. The predicted molar refractivity (Wildman–Crippen MR) is 95.7 cm³/mol. The highest BCUT2D eigenvalue weighted by Gasteiger charge is 2.22. The van der Waals surface area contributed by atoms with Crippen LogP contribution in [0.4, 0.5) is 5.69 Å². The predicted octanol–water partition coefficient (Wildman–Crippen LogP) is 3.25. The summed E-state index contributed by atoms with van der Waals surface area (Å²) in [7, 11) is -2.57. The number of carboxylic acid groups (broad SMARTS) is 1. The fraction of sp³-hybridized carbons (Fsp3) is 0.278. The van der Waals surface area contributed by atoms with Crippen LogP contribution in [-0.2, 0) is 21.2 Å². The number of anilines is 1. The minimum Gasteiger partial charge on any atom is -0.495 e. The zero-order valence-corrected chi connectivity index (χ0v) is 15.1. The minimum atomic E-state index is -3.94. The van der Waals surface area contributed by atoms with E-state index in [1.165, 1.54) is 25.3 Å². The van der Waals surface area contributed by atoms with Crippen molar-refractivity contribution in [1.29, 1.82) is 0 Å². The molecule has 0 atom stereocenters. The van der Waals surface area contributed by atoms with Crippen molar-refractivity contribution in [2.45, 2.75) is 31.1 Å². The SMILES string of the molecule is COc1ccc(CC(=O)O)cc1S(=O)(=O)Nc1ccccc1C(C)C. The summed E-state index contributed by atoms with van der Waals surface area (Å²) < 4.78 is 33.4. The molecule has 0 bridgehead atoms. The molecule has 0 aliphatic rings. The molecule has 0 aliphatic heterocycles. The zero-order chi connectivity index (χ0) is 18.6. The molecule has 0 radical (unpaired) electrons. The molecular weight excluding hydrogens is 342 g/mol. The Kier molecular flexibility index (Phi) is 5.69. The Morgan fingerprint density at radius 3 is 2.48 bits per heavy atom. The van der Waals surface area contributed by atoms with E-state index < -0.39 is 16.0 Å². The highest BCUT2D eigenvalue weighted by atomic mass is 32.2. The molecule has 0 spiro atoms. The summed E-state index contributed by atoms with van der Waals surface area (Å²) >= 11 is 0. The van der Waals surface area contributed by atoms with E-state index in [2.05, 4.69) is 4.72 Å². The molecule has 2 rings (SSSR count). The van der Waals surface area contributed by atoms with E-state index in [4.69, 9.17) is 9.84 Å². The van der Waals surface area contributed by atoms with E-state index in [0.29, 0.717) is 11.3 Å². The van der Waals surface area contributed by atoms with E-state index in [1.54, 1.807) is 12.1 Å². The molecule has 2 aromatic rings. The van der Waals surface area contributed by atoms with Crippen LogP contribution in [0.3, 0.4) is 0 Å². The zero-order valence-electron chi connectivity index (χ0n) is 14.3. The number of sulfonamides is 1. The number of carboxylic acids is 1. The number of rotatable bonds is 7. The highest BCUT2D eigenvalue weighted by Crippen LogP contribution is 2.30. The maximum absolute atomic E-state index is 12.9. The van der Waals surface area contributed by atoms with E-state index in [0.717, 1.165) is 5.56 Å². The first-order valence-corrected chi connectivity index (χ1v) is 9.23. The molecule has 6 nitrogen and oxygen atoms in total. The Labute approximate surface area is 147 Å². The van der Waals surface area contributed by atoms with Crippen LogP contribution in [0.5, 0.6) is 5.75 Å². The molecule has 0 aromatic heterocycles. The van der Waals surface area contributed by atoms with Gasteiger partial charge in [-0.2, -0.15) is 0 Å². The van der Waals surface area contributed by atoms with Crippen molar-refractivity contribution in [3.63, 3.8) is 0 Å². The molecule has 2 aromatic carbocycles. The normalized spacial score (nSPS) is 11.4. The quantitative estimate of drug-likeness (QED) is 0.788. The lowest BCUT2D eigenvalue weighted by molar-refractivity contribution is -0.136. The standard InChI is InChI=1S/C18H21NO5S/c1-12(2)14-6-4-5-7-15(14)19-25(22,23)17-10-13(11-18(20)21)8-9-16(17)24-3/h4-10,12,19H,11H2,1-3H3,(H,20,21). The van der Waals surface area contributed by atoms with Crippen LogP contribution in [0, 0.1) is 0 Å². The molecule has 7 heteroatoms. The number of para-hydroxylation sites is 1. The van der Waals surface area contributed by atoms with Crippen molar-refractivity contribution in [3.05, 3.63) is 53.6 Å². The lowest BCUT2D eigenvalue weighted by Crippen LogP contribution is -2.16. The molecule has 134 valence electrons. The van der Waals surface area contributed by atoms with Crippen molar-refractivity contribution in [1.82, 2.24) is 0 Å². The van der Waals surface area contributed by atoms with Gasteiger partial charge in [0.05, 0.1) is 19.2 Å². The Hall–Kier alpha value is -2.54. The molecule has 0 saturated heterocycles. The van der Waals surface area contributed by atoms with Gasteiger partial charge in [-0.1, -0.05) is 38.1 Å². The van der Waals surface area contributed by atoms with Crippen molar-refractivity contribution in [2.24, 2.45) is 0 Å². The molecule has 2 N–H and O–H groups in total. The Bertz CT molecular complexity index is 875. The maximum Gasteiger partial charge on any atom is 0.307 e. The molecule has 0 fully saturated rings. The third-order valence-corrected chi connectivity index (χ3v) is 5.09. The molecular formula is C18H21NO5S. The summed E-state index contributed by atoms with van der Waals surface area (Å²) in [5, 5.41) is 8.92. The first-order valence-electron chi connectivity index (χ1n) is 7.75. The number of hydrogen-bond acceptors (Lipinski definition) is 4. The van der Waals surface area contributed by atoms with Crippen LogP contribution in [0.2, 0.25) is 0 Å². The molecule has 0 heterocycles. The minimum absolute atomic E-state index is 0.0905. The third kappa shape index (κ3) is 4.51. The van der Waals surface area contributed by atoms with Crippen LogP contribution in [0.25, 0.3) is 0 Å². The number of nitrogens with one attached hydrogen (secondary N) is 1. The van der Waals surface area contributed by atoms with Gasteiger partial charge in [0.1, 0.15) is 10.6 Å². The number of aliphatic carboxylic acids is 1. The van der Waals surface area contributed by atoms with Crippen LogP contribution in [0.15, 0.2) is 47.4 Å². The summed E-state index contributed by atoms with van der Waals surface area (Å²) in [4.78, 5) is 10.8. The summed E-state index contributed by atoms with van der Waals surface area (Å²) in [6, 6.07) is 11.5. The van der Waals surface area contributed by atoms with Gasteiger partial charge in [0.15, 0.2) is 0 Å². The van der Waals surface area contributed by atoms with Gasteiger partial charge < -0.3 is 9.84 Å². The van der Waals surface area contributed by atoms with Crippen LogP contribution >= 0.6 is 0 Å². The Morgan fingerprint density at radius 2 is 1.88 bits per heavy atom. The summed E-state index contributed by atoms with van der Waals surface area (Å²) in [6.45, 7) is 3.95. The summed E-state index contributed by atoms with van der Waals surface area (Å²) in [5.41, 5.74) is 1.74. The van der Waals surface area contributed by atoms with Gasteiger partial charge in [-0.3, -0.25) is 9.52 Å². The second kappa shape index (κ2) is 7.57. The van der Waals surface area contributed by atoms with Crippen LogP contribution in [-0.4, -0.2) is 26.6 Å². The fourth-order valence-electron chi connectivity index (χ4n) is 2.51. The number of methoxy groups -OCH3 is 1. The fourth-order valence-corrected chi connectivity index (χ4v) is 3.82. The van der Waals surface area contributed by atoms with Crippen molar-refractivity contribution in [2.75, 3.05) is 11.8 Å². The van der Waals surface area contributed by atoms with Gasteiger partial charge in [-0.15, -0.1) is 0 Å². The van der Waals surface area contributed by atoms with Gasteiger partial charge in [-0.05, 0) is 35.2 Å². The van der Waals surface area contributed by atoms with Crippen molar-refractivity contribution >= 4 is 21.7 Å². The lowest BCUT2D eigenvalue weighted by atomic mass is 10.0. The number of ether oxygens (including phenoxy) is 1. The van der Waals surface area contributed by atoms with Gasteiger partial charge >= 0.3 is 5.97 Å². The molecule has 0 amide bonds. The number of carbonyl (C=O) groups is 1. The second-order valence-corrected chi connectivity index (χ2v) is 7.55. The van der Waals surface area contributed by atoms with Gasteiger partial charge in [0.2, 0.25) is 0 Å². The van der Waals surface area contributed by atoms with Gasteiger partial charge in [-0.25, -0.2) is 8.42 Å². The summed E-state index contributed by atoms with van der Waals surface area (Å²) in [5.74, 6) is -0.741. The van der Waals surface area contributed by atoms with E-state index >= 15 is 0 Å². The van der Waals surface area contributed by atoms with E-state index in [9.17, 15) is 13.2 Å². The van der Waals surface area contributed by atoms with Gasteiger partial charge in [0.25, 0.3) is 10.0 Å². The molecule has 0 unspecified atom stereocenters. The van der Waals surface area contributed by atoms with Crippen molar-refractivity contribution < 1.29 is 23.1 Å². The first-order chi connectivity index (χ1) is 11.7. The van der Waals surface area contributed by atoms with Crippen molar-refractivity contribution in [3.8, 4) is 5.75 Å². The van der Waals surface area contributed by atoms with Crippen LogP contribution in [0.1, 0.15) is 30.9 Å². The molecule has 25 heavy (non-hydrogen) atoms.